The van der Waals surface area contributed by atoms with Gasteiger partial charge in [-0.25, -0.2) is 4.98 Å². The first-order chi connectivity index (χ1) is 9.05. The highest BCUT2D eigenvalue weighted by molar-refractivity contribution is 5.95. The van der Waals surface area contributed by atoms with Gasteiger partial charge in [0.1, 0.15) is 11.5 Å². The van der Waals surface area contributed by atoms with E-state index in [1.54, 1.807) is 12.1 Å². The lowest BCUT2D eigenvalue weighted by Gasteiger charge is -2.04. The third-order valence-electron chi connectivity index (χ3n) is 2.93. The van der Waals surface area contributed by atoms with Crippen LogP contribution >= 0.6 is 0 Å². The number of imidazole rings is 1. The van der Waals surface area contributed by atoms with Gasteiger partial charge in [0.05, 0.1) is 6.20 Å². The number of aromatic amines is 1. The Morgan fingerprint density at radius 3 is 2.42 bits per heavy atom. The minimum atomic E-state index is -4.41. The monoisotopic (exact) mass is 262 g/mol. The second-order valence-corrected chi connectivity index (χ2v) is 4.17. The number of rotatable bonds is 1. The van der Waals surface area contributed by atoms with E-state index in [4.69, 9.17) is 0 Å². The number of fused-ring (bicyclic) bond motifs is 1. The quantitative estimate of drug-likeness (QED) is 0.697. The Bertz CT molecular complexity index is 723. The molecular formula is C14H9F3N2. The zero-order valence-electron chi connectivity index (χ0n) is 9.70. The van der Waals surface area contributed by atoms with E-state index < -0.39 is 11.9 Å². The van der Waals surface area contributed by atoms with Gasteiger partial charge < -0.3 is 4.98 Å². The van der Waals surface area contributed by atoms with Crippen molar-refractivity contribution in [1.29, 1.82) is 0 Å². The maximum absolute atomic E-state index is 12.6. The fourth-order valence-electron chi connectivity index (χ4n) is 2.03. The van der Waals surface area contributed by atoms with Crippen molar-refractivity contribution in [2.45, 2.75) is 6.18 Å². The molecule has 19 heavy (non-hydrogen) atoms. The summed E-state index contributed by atoms with van der Waals surface area (Å²) in [5, 5.41) is 1.83. The maximum atomic E-state index is 12.6. The number of H-pyrrole nitrogens is 1. The second kappa shape index (κ2) is 4.12. The van der Waals surface area contributed by atoms with Crippen LogP contribution in [0.4, 0.5) is 13.2 Å². The maximum Gasteiger partial charge on any atom is 0.432 e. The first-order valence-corrected chi connectivity index (χ1v) is 5.66. The van der Waals surface area contributed by atoms with Gasteiger partial charge in [-0.15, -0.1) is 0 Å². The molecule has 0 saturated heterocycles. The van der Waals surface area contributed by atoms with E-state index in [2.05, 4.69) is 9.97 Å². The Morgan fingerprint density at radius 2 is 1.68 bits per heavy atom. The fraction of sp³-hybridized carbons (Fsp3) is 0.0714. The lowest BCUT2D eigenvalue weighted by atomic mass is 10.0. The standard InChI is InChI=1S/C14H9F3N2/c15-14(16,17)12-8-18-13(19-12)11-7-3-5-9-4-1-2-6-10(9)11/h1-8H,(H,18,19). The Kier molecular flexibility index (Phi) is 2.55. The zero-order valence-corrected chi connectivity index (χ0v) is 9.70. The molecule has 2 nitrogen and oxygen atoms in total. The molecule has 0 bridgehead atoms. The Morgan fingerprint density at radius 1 is 0.947 bits per heavy atom. The summed E-state index contributed by atoms with van der Waals surface area (Å²) in [4.78, 5) is 6.15. The molecule has 0 amide bonds. The smallest absolute Gasteiger partial charge is 0.334 e. The molecule has 0 aliphatic rings. The van der Waals surface area contributed by atoms with Crippen molar-refractivity contribution in [2.24, 2.45) is 0 Å². The van der Waals surface area contributed by atoms with Crippen molar-refractivity contribution in [3.63, 3.8) is 0 Å². The summed E-state index contributed by atoms with van der Waals surface area (Å²) in [6.45, 7) is 0. The largest absolute Gasteiger partial charge is 0.432 e. The predicted molar refractivity (Wildman–Crippen MR) is 66.5 cm³/mol. The van der Waals surface area contributed by atoms with Gasteiger partial charge in [-0.1, -0.05) is 42.5 Å². The van der Waals surface area contributed by atoms with E-state index >= 15 is 0 Å². The van der Waals surface area contributed by atoms with Crippen LogP contribution in [0.1, 0.15) is 5.69 Å². The molecule has 0 radical (unpaired) electrons. The highest BCUT2D eigenvalue weighted by atomic mass is 19.4. The van der Waals surface area contributed by atoms with Crippen LogP contribution in [0.25, 0.3) is 22.2 Å². The van der Waals surface area contributed by atoms with Crippen molar-refractivity contribution < 1.29 is 13.2 Å². The van der Waals surface area contributed by atoms with E-state index in [0.717, 1.165) is 17.0 Å². The number of aromatic nitrogens is 2. The van der Waals surface area contributed by atoms with Gasteiger partial charge in [0, 0.05) is 5.56 Å². The second-order valence-electron chi connectivity index (χ2n) is 4.17. The fourth-order valence-corrected chi connectivity index (χ4v) is 2.03. The van der Waals surface area contributed by atoms with Crippen molar-refractivity contribution >= 4 is 10.8 Å². The molecule has 1 aromatic heterocycles. The minimum absolute atomic E-state index is 0.226. The summed E-state index contributed by atoms with van der Waals surface area (Å²) in [6, 6.07) is 13.0. The van der Waals surface area contributed by atoms with E-state index in [1.165, 1.54) is 0 Å². The van der Waals surface area contributed by atoms with E-state index in [1.807, 2.05) is 30.3 Å². The lowest BCUT2D eigenvalue weighted by Crippen LogP contribution is -2.04. The molecule has 1 heterocycles. The Balaban J connectivity index is 2.17. The summed E-state index contributed by atoms with van der Waals surface area (Å²) < 4.78 is 37.7. The highest BCUT2D eigenvalue weighted by Gasteiger charge is 2.33. The molecule has 1 N–H and O–H groups in total. The molecule has 0 spiro atoms. The predicted octanol–water partition coefficient (Wildman–Crippen LogP) is 4.25. The van der Waals surface area contributed by atoms with Gasteiger partial charge in [0.2, 0.25) is 0 Å². The van der Waals surface area contributed by atoms with E-state index in [0.29, 0.717) is 5.56 Å². The Labute approximate surface area is 106 Å². The molecule has 3 rings (SSSR count). The summed E-state index contributed by atoms with van der Waals surface area (Å²) in [5.74, 6) is 0.226. The topological polar surface area (TPSA) is 28.7 Å². The molecule has 2 aromatic carbocycles. The molecule has 0 unspecified atom stereocenters. The molecular weight excluding hydrogens is 253 g/mol. The SMILES string of the molecule is FC(F)(F)c1cnc(-c2cccc3ccccc23)[nH]1. The molecule has 0 fully saturated rings. The van der Waals surface area contributed by atoms with Crippen LogP contribution < -0.4 is 0 Å². The third kappa shape index (κ3) is 2.07. The number of benzene rings is 2. The van der Waals surface area contributed by atoms with E-state index in [-0.39, 0.29) is 5.82 Å². The minimum Gasteiger partial charge on any atom is -0.334 e. The van der Waals surface area contributed by atoms with Crippen molar-refractivity contribution in [3.8, 4) is 11.4 Å². The molecule has 96 valence electrons. The first-order valence-electron chi connectivity index (χ1n) is 5.66. The van der Waals surface area contributed by atoms with Crippen LogP contribution in [0, 0.1) is 0 Å². The van der Waals surface area contributed by atoms with Gasteiger partial charge in [-0.3, -0.25) is 0 Å². The summed E-state index contributed by atoms with van der Waals surface area (Å²) >= 11 is 0. The van der Waals surface area contributed by atoms with Crippen LogP contribution in [-0.4, -0.2) is 9.97 Å². The molecule has 0 aliphatic carbocycles. The number of nitrogens with zero attached hydrogens (tertiary/aromatic N) is 1. The van der Waals surface area contributed by atoms with Crippen molar-refractivity contribution in [1.82, 2.24) is 9.97 Å². The van der Waals surface area contributed by atoms with Crippen LogP contribution in [0.2, 0.25) is 0 Å². The first kappa shape index (κ1) is 11.8. The van der Waals surface area contributed by atoms with Gasteiger partial charge in [-0.2, -0.15) is 13.2 Å². The van der Waals surface area contributed by atoms with Crippen LogP contribution in [0.3, 0.4) is 0 Å². The molecule has 3 aromatic rings. The lowest BCUT2D eigenvalue weighted by molar-refractivity contribution is -0.140. The highest BCUT2D eigenvalue weighted by Crippen LogP contribution is 2.31. The number of alkyl halides is 3. The average molecular weight is 262 g/mol. The Hall–Kier alpha value is -2.30. The number of hydrogen-bond donors (Lipinski definition) is 1. The summed E-state index contributed by atoms with van der Waals surface area (Å²) in [6.07, 6.45) is -3.59. The molecule has 0 atom stereocenters. The van der Waals surface area contributed by atoms with Gasteiger partial charge in [0.15, 0.2) is 0 Å². The summed E-state index contributed by atoms with van der Waals surface area (Å²) in [5.41, 5.74) is -0.177. The van der Waals surface area contributed by atoms with Crippen LogP contribution in [-0.2, 0) is 6.18 Å². The van der Waals surface area contributed by atoms with Gasteiger partial charge in [0.25, 0.3) is 0 Å². The van der Waals surface area contributed by atoms with Gasteiger partial charge >= 0.3 is 6.18 Å². The van der Waals surface area contributed by atoms with E-state index in [9.17, 15) is 13.2 Å². The normalized spacial score (nSPS) is 11.9. The summed E-state index contributed by atoms with van der Waals surface area (Å²) in [7, 11) is 0. The average Bonchev–Trinajstić information content (AvgIpc) is 2.87. The van der Waals surface area contributed by atoms with Gasteiger partial charge in [-0.05, 0) is 10.8 Å². The molecule has 0 aliphatic heterocycles. The molecule has 5 heteroatoms. The number of halogens is 3. The van der Waals surface area contributed by atoms with Crippen molar-refractivity contribution in [3.05, 3.63) is 54.4 Å². The number of hydrogen-bond acceptors (Lipinski definition) is 1. The molecule has 0 saturated carbocycles. The van der Waals surface area contributed by atoms with Crippen LogP contribution in [0.15, 0.2) is 48.7 Å². The third-order valence-corrected chi connectivity index (χ3v) is 2.93. The van der Waals surface area contributed by atoms with Crippen molar-refractivity contribution in [2.75, 3.05) is 0 Å². The van der Waals surface area contributed by atoms with Crippen LogP contribution in [0.5, 0.6) is 0 Å². The zero-order chi connectivity index (χ0) is 13.5. The number of nitrogens with one attached hydrogen (secondary N) is 1.